The second-order valence-corrected chi connectivity index (χ2v) is 7.73. The molecule has 1 saturated heterocycles. The highest BCUT2D eigenvalue weighted by Crippen LogP contribution is 2.29. The maximum absolute atomic E-state index is 10.1. The van der Waals surface area contributed by atoms with Crippen LogP contribution in [0.3, 0.4) is 0 Å². The largest absolute Gasteiger partial charge is 0.462 e. The van der Waals surface area contributed by atoms with Crippen LogP contribution in [0, 0.1) is 0 Å². The molecule has 1 fully saturated rings. The van der Waals surface area contributed by atoms with Crippen molar-refractivity contribution < 1.29 is 29.9 Å². The summed E-state index contributed by atoms with van der Waals surface area (Å²) in [5, 5.41) is 41.6. The highest BCUT2D eigenvalue weighted by molar-refractivity contribution is 7.13. The van der Waals surface area contributed by atoms with Gasteiger partial charge in [0.1, 0.15) is 30.2 Å². The van der Waals surface area contributed by atoms with E-state index in [0.29, 0.717) is 10.9 Å². The second-order valence-electron chi connectivity index (χ2n) is 6.89. The first-order valence-electron chi connectivity index (χ1n) is 9.52. The van der Waals surface area contributed by atoms with Crippen LogP contribution in [0.2, 0.25) is 0 Å². The number of pyridine rings is 1. The van der Waals surface area contributed by atoms with Gasteiger partial charge in [0.2, 0.25) is 11.4 Å². The van der Waals surface area contributed by atoms with E-state index in [9.17, 15) is 20.4 Å². The fourth-order valence-electron chi connectivity index (χ4n) is 3.04. The molecule has 9 nitrogen and oxygen atoms in total. The van der Waals surface area contributed by atoms with E-state index in [0.717, 1.165) is 16.8 Å². The lowest BCUT2D eigenvalue weighted by Crippen LogP contribution is -2.60. The number of thiazole rings is 1. The van der Waals surface area contributed by atoms with Gasteiger partial charge in [-0.25, -0.2) is 9.98 Å². The molecule has 1 aromatic carbocycles. The molecule has 3 heterocycles. The summed E-state index contributed by atoms with van der Waals surface area (Å²) in [7, 11) is 0. The molecular weight excluding hydrogens is 422 g/mol. The Morgan fingerprint density at radius 1 is 1.03 bits per heavy atom. The summed E-state index contributed by atoms with van der Waals surface area (Å²) in [5.74, 6) is 0.388. The fraction of sp³-hybridized carbons (Fsp3) is 0.286. The van der Waals surface area contributed by atoms with E-state index in [2.05, 4.69) is 15.0 Å². The molecule has 3 aromatic rings. The normalized spacial score (nSPS) is 26.3. The van der Waals surface area contributed by atoms with E-state index >= 15 is 0 Å². The molecule has 5 atom stereocenters. The summed E-state index contributed by atoms with van der Waals surface area (Å²) in [4.78, 5) is 12.8. The second kappa shape index (κ2) is 9.60. The summed E-state index contributed by atoms with van der Waals surface area (Å²) in [6.07, 6.45) is -1.51. The lowest BCUT2D eigenvalue weighted by Gasteiger charge is -2.39. The molecular formula is C21H21N3O6S. The van der Waals surface area contributed by atoms with Gasteiger partial charge < -0.3 is 29.9 Å². The Morgan fingerprint density at radius 3 is 2.48 bits per heavy atom. The van der Waals surface area contributed by atoms with Crippen LogP contribution in [0.4, 0.5) is 5.13 Å². The molecule has 0 spiro atoms. The summed E-state index contributed by atoms with van der Waals surface area (Å²) >= 11 is 1.42. The number of aliphatic imine (C=N–C) groups is 1. The smallest absolute Gasteiger partial charge is 0.229 e. The third-order valence-corrected chi connectivity index (χ3v) is 5.52. The highest BCUT2D eigenvalue weighted by atomic mass is 32.1. The van der Waals surface area contributed by atoms with Crippen LogP contribution in [0.15, 0.2) is 59.2 Å². The van der Waals surface area contributed by atoms with Crippen LogP contribution < -0.4 is 4.74 Å². The molecule has 4 rings (SSSR count). The number of aromatic nitrogens is 2. The van der Waals surface area contributed by atoms with Crippen LogP contribution >= 0.6 is 11.3 Å². The summed E-state index contributed by atoms with van der Waals surface area (Å²) < 4.78 is 11.0. The van der Waals surface area contributed by atoms with E-state index in [4.69, 9.17) is 9.47 Å². The molecule has 1 aliphatic rings. The summed E-state index contributed by atoms with van der Waals surface area (Å²) in [6, 6.07) is 10.7. The van der Waals surface area contributed by atoms with Gasteiger partial charge >= 0.3 is 0 Å². The molecule has 1 aliphatic heterocycles. The number of aliphatic hydroxyl groups excluding tert-OH is 4. The molecule has 31 heavy (non-hydrogen) atoms. The SMILES string of the molecule is OC[C@H]1O[C@@H](Oc2ccc(-c3csc(/N=C/c4ccncc4)n3)cc2)[C@H](O)[C@@H](O)[C@@H]1O. The predicted octanol–water partition coefficient (Wildman–Crippen LogP) is 1.13. The van der Waals surface area contributed by atoms with Crippen molar-refractivity contribution in [3.05, 3.63) is 59.7 Å². The van der Waals surface area contributed by atoms with E-state index in [1.165, 1.54) is 11.3 Å². The van der Waals surface area contributed by atoms with Gasteiger partial charge in [0.05, 0.1) is 12.3 Å². The lowest BCUT2D eigenvalue weighted by molar-refractivity contribution is -0.277. The maximum Gasteiger partial charge on any atom is 0.229 e. The van der Waals surface area contributed by atoms with Crippen LogP contribution in [0.5, 0.6) is 5.75 Å². The van der Waals surface area contributed by atoms with Crippen molar-refractivity contribution in [1.29, 1.82) is 0 Å². The molecule has 0 unspecified atom stereocenters. The number of hydrogen-bond donors (Lipinski definition) is 4. The van der Waals surface area contributed by atoms with Crippen molar-refractivity contribution in [2.75, 3.05) is 6.61 Å². The standard InChI is InChI=1S/C21H21N3O6S/c25-10-16-17(26)18(27)19(28)20(30-16)29-14-3-1-13(2-4-14)15-11-31-21(24-15)23-9-12-5-7-22-8-6-12/h1-9,11,16-20,25-28H,10H2/b23-9+/t16-,17-,18+,19-,20-/m1/s1. The van der Waals surface area contributed by atoms with Gasteiger partial charge in [0.25, 0.3) is 0 Å². The highest BCUT2D eigenvalue weighted by Gasteiger charge is 2.44. The van der Waals surface area contributed by atoms with Crippen molar-refractivity contribution in [3.63, 3.8) is 0 Å². The van der Waals surface area contributed by atoms with Crippen LogP contribution in [0.1, 0.15) is 5.56 Å². The number of hydrogen-bond acceptors (Lipinski definition) is 10. The minimum atomic E-state index is -1.49. The van der Waals surface area contributed by atoms with Crippen molar-refractivity contribution in [2.45, 2.75) is 30.7 Å². The van der Waals surface area contributed by atoms with Gasteiger partial charge in [-0.15, -0.1) is 11.3 Å². The molecule has 0 amide bonds. The van der Waals surface area contributed by atoms with Gasteiger partial charge in [-0.3, -0.25) is 4.98 Å². The van der Waals surface area contributed by atoms with Crippen molar-refractivity contribution in [3.8, 4) is 17.0 Å². The molecule has 0 saturated carbocycles. The van der Waals surface area contributed by atoms with Gasteiger partial charge in [-0.1, -0.05) is 0 Å². The Hall–Kier alpha value is -2.73. The molecule has 0 aliphatic carbocycles. The number of rotatable bonds is 6. The van der Waals surface area contributed by atoms with E-state index < -0.39 is 37.3 Å². The molecule has 162 valence electrons. The third kappa shape index (κ3) is 4.96. The summed E-state index contributed by atoms with van der Waals surface area (Å²) in [5.41, 5.74) is 2.54. The molecule has 2 aromatic heterocycles. The zero-order valence-corrected chi connectivity index (χ0v) is 17.0. The van der Waals surface area contributed by atoms with Crippen LogP contribution in [-0.4, -0.2) is 73.9 Å². The Bertz CT molecular complexity index is 1010. The number of ether oxygens (including phenoxy) is 2. The zero-order chi connectivity index (χ0) is 21.8. The van der Waals surface area contributed by atoms with Gasteiger partial charge in [-0.05, 0) is 42.0 Å². The zero-order valence-electron chi connectivity index (χ0n) is 16.2. The quantitative estimate of drug-likeness (QED) is 0.416. The van der Waals surface area contributed by atoms with E-state index in [1.807, 2.05) is 17.5 Å². The fourth-order valence-corrected chi connectivity index (χ4v) is 3.71. The van der Waals surface area contributed by atoms with Crippen molar-refractivity contribution >= 4 is 22.7 Å². The molecule has 0 bridgehead atoms. The first kappa shape index (κ1) is 21.5. The Kier molecular flexibility index (Phi) is 6.66. The van der Waals surface area contributed by atoms with Crippen molar-refractivity contribution in [1.82, 2.24) is 9.97 Å². The Morgan fingerprint density at radius 2 is 1.77 bits per heavy atom. The van der Waals surface area contributed by atoms with Gasteiger partial charge in [-0.2, -0.15) is 0 Å². The number of nitrogens with zero attached hydrogens (tertiary/aromatic N) is 3. The topological polar surface area (TPSA) is 138 Å². The first-order chi connectivity index (χ1) is 15.0. The van der Waals surface area contributed by atoms with Gasteiger partial charge in [0, 0.05) is 29.6 Å². The van der Waals surface area contributed by atoms with Gasteiger partial charge in [0.15, 0.2) is 0 Å². The molecule has 4 N–H and O–H groups in total. The number of benzene rings is 1. The van der Waals surface area contributed by atoms with Crippen LogP contribution in [0.25, 0.3) is 11.3 Å². The first-order valence-corrected chi connectivity index (χ1v) is 10.4. The molecule has 0 radical (unpaired) electrons. The third-order valence-electron chi connectivity index (χ3n) is 4.77. The Labute approximate surface area is 181 Å². The predicted molar refractivity (Wildman–Crippen MR) is 113 cm³/mol. The lowest BCUT2D eigenvalue weighted by atomic mass is 9.99. The average Bonchev–Trinajstić information content (AvgIpc) is 3.28. The van der Waals surface area contributed by atoms with Crippen LogP contribution in [-0.2, 0) is 4.74 Å². The van der Waals surface area contributed by atoms with E-state index in [1.54, 1.807) is 42.9 Å². The monoisotopic (exact) mass is 443 g/mol. The maximum atomic E-state index is 10.1. The minimum Gasteiger partial charge on any atom is -0.462 e. The molecule has 10 heteroatoms. The minimum absolute atomic E-state index is 0.388. The number of aliphatic hydroxyl groups is 4. The Balaban J connectivity index is 1.42. The van der Waals surface area contributed by atoms with E-state index in [-0.39, 0.29) is 0 Å². The average molecular weight is 443 g/mol. The van der Waals surface area contributed by atoms with Crippen molar-refractivity contribution in [2.24, 2.45) is 4.99 Å². The summed E-state index contributed by atoms with van der Waals surface area (Å²) in [6.45, 7) is -0.514.